The van der Waals surface area contributed by atoms with Crippen LogP contribution in [0.2, 0.25) is 0 Å². The second-order valence-electron chi connectivity index (χ2n) is 11.2. The number of esters is 4. The molecule has 2 aromatic rings. The summed E-state index contributed by atoms with van der Waals surface area (Å²) in [7, 11) is 0. The van der Waals surface area contributed by atoms with E-state index in [2.05, 4.69) is 13.2 Å². The van der Waals surface area contributed by atoms with Gasteiger partial charge in [0.15, 0.2) is 12.2 Å². The average molecular weight is 631 g/mol. The summed E-state index contributed by atoms with van der Waals surface area (Å²) in [4.78, 5) is 51.4. The Morgan fingerprint density at radius 2 is 0.978 bits per heavy atom. The molecule has 4 rings (SSSR count). The van der Waals surface area contributed by atoms with Gasteiger partial charge in [0.2, 0.25) is 0 Å². The smallest absolute Gasteiger partial charge is 0.336 e. The van der Waals surface area contributed by atoms with Gasteiger partial charge in [-0.25, -0.2) is 19.2 Å². The minimum Gasteiger partial charge on any atom is -0.490 e. The minimum atomic E-state index is -1.01. The Balaban J connectivity index is 1.59. The van der Waals surface area contributed by atoms with E-state index in [4.69, 9.17) is 28.4 Å². The molecule has 4 atom stereocenters. The lowest BCUT2D eigenvalue weighted by atomic mass is 9.35. The highest BCUT2D eigenvalue weighted by Gasteiger charge is 2.72. The van der Waals surface area contributed by atoms with Crippen LogP contribution in [0.4, 0.5) is 0 Å². The van der Waals surface area contributed by atoms with Gasteiger partial charge in [-0.05, 0) is 38.1 Å². The fourth-order valence-corrected chi connectivity index (χ4v) is 5.90. The topological polar surface area (TPSA) is 124 Å². The predicted molar refractivity (Wildman–Crippen MR) is 168 cm³/mol. The van der Waals surface area contributed by atoms with Crippen LogP contribution < -0.4 is 9.47 Å². The lowest BCUT2D eigenvalue weighted by molar-refractivity contribution is -0.162. The molecular weight excluding hydrogens is 592 g/mol. The number of para-hydroxylation sites is 2. The van der Waals surface area contributed by atoms with E-state index >= 15 is 0 Å². The number of ether oxygens (including phenoxy) is 6. The molecule has 0 amide bonds. The molecule has 10 nitrogen and oxygen atoms in total. The van der Waals surface area contributed by atoms with E-state index in [1.165, 1.54) is 0 Å². The summed E-state index contributed by atoms with van der Waals surface area (Å²) in [5.41, 5.74) is 0.505. The maximum atomic E-state index is 13.9. The third-order valence-corrected chi connectivity index (χ3v) is 8.78. The zero-order chi connectivity index (χ0) is 33.5. The second kappa shape index (κ2) is 14.3. The Labute approximate surface area is 268 Å². The largest absolute Gasteiger partial charge is 0.490 e. The predicted octanol–water partition coefficient (Wildman–Crippen LogP) is 5.10. The zero-order valence-corrected chi connectivity index (χ0v) is 26.4. The standard InChI is InChI=1S/C36H38O10/c1-7-29(37)43-21-27(19-41-25-15-11-9-12-16-25)45-33(39)31-32(36(6)24(4)23(3)35(31,36)5)34(40)46-28(22-44-30(38)8-2)20-42-26-17-13-10-14-18-26/h7-18,27-28H,1-2,19-22H2,3-6H3. The van der Waals surface area contributed by atoms with Gasteiger partial charge in [0.25, 0.3) is 0 Å². The van der Waals surface area contributed by atoms with Crippen LogP contribution in [0, 0.1) is 10.8 Å². The molecule has 0 aliphatic heterocycles. The van der Waals surface area contributed by atoms with Gasteiger partial charge >= 0.3 is 23.9 Å². The Bertz CT molecular complexity index is 1440. The van der Waals surface area contributed by atoms with Crippen molar-refractivity contribution < 1.29 is 47.6 Å². The van der Waals surface area contributed by atoms with E-state index in [1.54, 1.807) is 48.5 Å². The van der Waals surface area contributed by atoms with E-state index in [9.17, 15) is 19.2 Å². The van der Waals surface area contributed by atoms with Crippen molar-refractivity contribution in [2.24, 2.45) is 10.8 Å². The molecule has 0 heterocycles. The van der Waals surface area contributed by atoms with Crippen LogP contribution in [0.15, 0.2) is 108 Å². The van der Waals surface area contributed by atoms with Gasteiger partial charge in [-0.1, -0.05) is 74.5 Å². The van der Waals surface area contributed by atoms with Crippen molar-refractivity contribution in [3.8, 4) is 11.5 Å². The monoisotopic (exact) mass is 630 g/mol. The number of carbonyl (C=O) groups is 4. The molecule has 0 bridgehead atoms. The number of fused-ring (bicyclic) bond motifs is 1. The Morgan fingerprint density at radius 3 is 1.30 bits per heavy atom. The third-order valence-electron chi connectivity index (χ3n) is 8.78. The van der Waals surface area contributed by atoms with Gasteiger partial charge in [-0.3, -0.25) is 0 Å². The second-order valence-corrected chi connectivity index (χ2v) is 11.2. The number of allylic oxidation sites excluding steroid dienone is 2. The highest BCUT2D eigenvalue weighted by atomic mass is 16.6. The molecular formula is C36H38O10. The first kappa shape index (κ1) is 33.8. The summed E-state index contributed by atoms with van der Waals surface area (Å²) in [6.45, 7) is 13.5. The summed E-state index contributed by atoms with van der Waals surface area (Å²) in [6.07, 6.45) is -0.0106. The molecule has 0 N–H and O–H groups in total. The summed E-state index contributed by atoms with van der Waals surface area (Å²) < 4.78 is 33.6. The summed E-state index contributed by atoms with van der Waals surface area (Å²) in [6, 6.07) is 17.8. The fourth-order valence-electron chi connectivity index (χ4n) is 5.90. The Kier molecular flexibility index (Phi) is 10.5. The van der Waals surface area contributed by atoms with Gasteiger partial charge in [0, 0.05) is 23.0 Å². The first-order valence-electron chi connectivity index (χ1n) is 14.8. The van der Waals surface area contributed by atoms with E-state index in [0.29, 0.717) is 11.5 Å². The first-order valence-corrected chi connectivity index (χ1v) is 14.8. The lowest BCUT2D eigenvalue weighted by Gasteiger charge is -2.66. The molecule has 10 heteroatoms. The number of hydrogen-bond acceptors (Lipinski definition) is 10. The first-order chi connectivity index (χ1) is 22.0. The van der Waals surface area contributed by atoms with Gasteiger partial charge in [-0.15, -0.1) is 0 Å². The average Bonchev–Trinajstić information content (AvgIpc) is 3.08. The van der Waals surface area contributed by atoms with Gasteiger partial charge < -0.3 is 28.4 Å². The number of carbonyl (C=O) groups excluding carboxylic acids is 4. The Morgan fingerprint density at radius 1 is 0.630 bits per heavy atom. The highest BCUT2D eigenvalue weighted by molar-refractivity contribution is 6.09. The third kappa shape index (κ3) is 6.61. The van der Waals surface area contributed by atoms with Crippen molar-refractivity contribution >= 4 is 23.9 Å². The molecule has 0 saturated carbocycles. The van der Waals surface area contributed by atoms with Crippen molar-refractivity contribution in [1.82, 2.24) is 0 Å². The Hall–Kier alpha value is -5.12. The molecule has 242 valence electrons. The van der Waals surface area contributed by atoms with E-state index in [1.807, 2.05) is 39.8 Å². The van der Waals surface area contributed by atoms with Crippen LogP contribution in [-0.4, -0.2) is 62.5 Å². The molecule has 0 saturated heterocycles. The molecule has 46 heavy (non-hydrogen) atoms. The van der Waals surface area contributed by atoms with Crippen LogP contribution in [0.1, 0.15) is 27.7 Å². The van der Waals surface area contributed by atoms with Gasteiger partial charge in [-0.2, -0.15) is 0 Å². The van der Waals surface area contributed by atoms with Crippen molar-refractivity contribution in [1.29, 1.82) is 0 Å². The van der Waals surface area contributed by atoms with E-state index in [0.717, 1.165) is 23.3 Å². The molecule has 0 fully saturated rings. The molecule has 2 aliphatic rings. The van der Waals surface area contributed by atoms with E-state index in [-0.39, 0.29) is 37.6 Å². The van der Waals surface area contributed by atoms with Crippen LogP contribution in [-0.2, 0) is 38.1 Å². The van der Waals surface area contributed by atoms with Crippen LogP contribution >= 0.6 is 0 Å². The number of hydrogen-bond donors (Lipinski definition) is 0. The van der Waals surface area contributed by atoms with Gasteiger partial charge in [0.1, 0.15) is 37.9 Å². The molecule has 0 radical (unpaired) electrons. The van der Waals surface area contributed by atoms with Gasteiger partial charge in [0.05, 0.1) is 11.1 Å². The van der Waals surface area contributed by atoms with Crippen LogP contribution in [0.3, 0.4) is 0 Å². The number of benzene rings is 2. The summed E-state index contributed by atoms with van der Waals surface area (Å²) >= 11 is 0. The quantitative estimate of drug-likeness (QED) is 0.107. The van der Waals surface area contributed by atoms with Crippen molar-refractivity contribution in [3.05, 3.63) is 108 Å². The van der Waals surface area contributed by atoms with Crippen molar-refractivity contribution in [3.63, 3.8) is 0 Å². The summed E-state index contributed by atoms with van der Waals surface area (Å²) in [5, 5.41) is 0. The SMILES string of the molecule is C=CC(=O)OCC(COc1ccccc1)OC(=O)C1=C(C(=O)OC(COC(=O)C=C)COc2ccccc2)C2(C)C(C)=C(C)C12C. The minimum absolute atomic E-state index is 0.122. The molecule has 0 aromatic heterocycles. The fraction of sp³-hybridized carbons (Fsp3) is 0.333. The molecule has 4 unspecified atom stereocenters. The zero-order valence-electron chi connectivity index (χ0n) is 26.4. The molecule has 2 aliphatic carbocycles. The summed E-state index contributed by atoms with van der Waals surface area (Å²) in [5.74, 6) is -1.88. The lowest BCUT2D eigenvalue weighted by Crippen LogP contribution is -2.63. The van der Waals surface area contributed by atoms with Crippen molar-refractivity contribution in [2.45, 2.75) is 39.9 Å². The number of rotatable bonds is 16. The van der Waals surface area contributed by atoms with Crippen LogP contribution in [0.5, 0.6) is 11.5 Å². The van der Waals surface area contributed by atoms with Crippen LogP contribution in [0.25, 0.3) is 0 Å². The van der Waals surface area contributed by atoms with Crippen molar-refractivity contribution in [2.75, 3.05) is 26.4 Å². The highest BCUT2D eigenvalue weighted by Crippen LogP contribution is 2.75. The molecule has 0 spiro atoms. The molecule has 2 aromatic carbocycles. The normalized spacial score (nSPS) is 20.9. The van der Waals surface area contributed by atoms with E-state index < -0.39 is 46.9 Å². The maximum absolute atomic E-state index is 13.9. The maximum Gasteiger partial charge on any atom is 0.336 e.